The van der Waals surface area contributed by atoms with Crippen molar-refractivity contribution < 1.29 is 34.8 Å². The molecule has 0 aliphatic heterocycles. The van der Waals surface area contributed by atoms with Gasteiger partial charge >= 0.3 is 0 Å². The molecular weight excluding hydrogens is 646 g/mol. The predicted octanol–water partition coefficient (Wildman–Crippen LogP) is 5.25. The molecule has 0 spiro atoms. The van der Waals surface area contributed by atoms with Crippen molar-refractivity contribution in [3.63, 3.8) is 0 Å². The Kier molecular flexibility index (Phi) is 11.2. The van der Waals surface area contributed by atoms with E-state index in [-0.39, 0.29) is 42.4 Å². The number of aromatic hydroxyl groups is 4. The van der Waals surface area contributed by atoms with Gasteiger partial charge in [0.1, 0.15) is 0 Å². The van der Waals surface area contributed by atoms with Crippen molar-refractivity contribution in [2.75, 3.05) is 7.05 Å². The molecule has 2 amide bonds. The van der Waals surface area contributed by atoms with E-state index in [4.69, 9.17) is 0 Å². The summed E-state index contributed by atoms with van der Waals surface area (Å²) in [7, 11) is 1.47. The summed E-state index contributed by atoms with van der Waals surface area (Å²) in [6, 6.07) is 36.3. The number of carbonyl (C=O) groups excluding carboxylic acids is 3. The predicted molar refractivity (Wildman–Crippen MR) is 194 cm³/mol. The highest BCUT2D eigenvalue weighted by Gasteiger charge is 2.51. The zero-order valence-corrected chi connectivity index (χ0v) is 27.9. The molecule has 7 N–H and O–H groups in total. The molecule has 0 fully saturated rings. The number of hydrogen-bond donors (Lipinski definition) is 7. The monoisotopic (exact) mass is 685 g/mol. The lowest BCUT2D eigenvalue weighted by molar-refractivity contribution is -0.137. The molecule has 1 atom stereocenters. The molecule has 0 heterocycles. The lowest BCUT2D eigenvalue weighted by Gasteiger charge is -2.44. The number of phenols is 4. The molecule has 51 heavy (non-hydrogen) atoms. The normalized spacial score (nSPS) is 12.6. The highest BCUT2D eigenvalue weighted by Crippen LogP contribution is 2.40. The van der Waals surface area contributed by atoms with E-state index in [0.717, 1.165) is 0 Å². The van der Waals surface area contributed by atoms with Gasteiger partial charge in [0, 0.05) is 20.0 Å². The van der Waals surface area contributed by atoms with Crippen LogP contribution < -0.4 is 16.0 Å². The Morgan fingerprint density at radius 1 is 0.647 bits per heavy atom. The fraction of sp³-hybridized carbons (Fsp3) is 0.146. The van der Waals surface area contributed by atoms with Gasteiger partial charge in [-0.25, -0.2) is 0 Å². The highest BCUT2D eigenvalue weighted by atomic mass is 16.3. The summed E-state index contributed by atoms with van der Waals surface area (Å²) in [6.45, 7) is -0.131. The standard InChI is InChI=1S/C41H39N3O7/c1-42-38(50)23-24-40(37(49)22-19-28-17-20-33(45)35(47)25-28,39(51)43-27-29-18-21-34(46)36(48)26-29)44-41(30-11-5-2-6-12-30,31-13-7-3-8-14-31)32-15-9-4-10-16-32/h2-22,25-26,44-48H,23-24,27H2,1H3,(H,42,50)(H,43,51)/t40-/m1/s1. The van der Waals surface area contributed by atoms with Crippen LogP contribution in [0.15, 0.2) is 133 Å². The largest absolute Gasteiger partial charge is 0.504 e. The fourth-order valence-electron chi connectivity index (χ4n) is 6.03. The summed E-state index contributed by atoms with van der Waals surface area (Å²) in [5, 5.41) is 48.9. The minimum Gasteiger partial charge on any atom is -0.504 e. The maximum absolute atomic E-state index is 14.9. The summed E-state index contributed by atoms with van der Waals surface area (Å²) in [6.07, 6.45) is 2.13. The van der Waals surface area contributed by atoms with Crippen molar-refractivity contribution >= 4 is 23.7 Å². The van der Waals surface area contributed by atoms with Gasteiger partial charge in [-0.3, -0.25) is 19.7 Å². The number of amides is 2. The van der Waals surface area contributed by atoms with Crippen LogP contribution in [0.4, 0.5) is 0 Å². The van der Waals surface area contributed by atoms with Gasteiger partial charge in [-0.05, 0) is 64.6 Å². The average Bonchev–Trinajstić information content (AvgIpc) is 3.16. The van der Waals surface area contributed by atoms with E-state index in [0.29, 0.717) is 27.8 Å². The number of phenolic OH excluding ortho intramolecular Hbond substituents is 4. The Morgan fingerprint density at radius 2 is 1.16 bits per heavy atom. The van der Waals surface area contributed by atoms with Crippen LogP contribution in [-0.4, -0.2) is 50.6 Å². The van der Waals surface area contributed by atoms with Gasteiger partial charge in [0.05, 0.1) is 5.54 Å². The van der Waals surface area contributed by atoms with Crippen LogP contribution in [0.25, 0.3) is 6.08 Å². The van der Waals surface area contributed by atoms with Gasteiger partial charge in [0.25, 0.3) is 0 Å². The third-order valence-electron chi connectivity index (χ3n) is 8.75. The van der Waals surface area contributed by atoms with Crippen molar-refractivity contribution in [2.24, 2.45) is 0 Å². The summed E-state index contributed by atoms with van der Waals surface area (Å²) in [5.74, 6) is -3.28. The molecule has 10 heteroatoms. The molecule has 0 unspecified atom stereocenters. The van der Waals surface area contributed by atoms with Crippen molar-refractivity contribution in [1.29, 1.82) is 0 Å². The van der Waals surface area contributed by atoms with E-state index in [2.05, 4.69) is 16.0 Å². The first-order valence-corrected chi connectivity index (χ1v) is 16.3. The molecule has 5 aromatic rings. The second kappa shape index (κ2) is 15.9. The highest BCUT2D eigenvalue weighted by molar-refractivity contribution is 6.17. The van der Waals surface area contributed by atoms with Crippen LogP contribution in [0.2, 0.25) is 0 Å². The average molecular weight is 686 g/mol. The maximum Gasteiger partial charge on any atom is 0.248 e. The fourth-order valence-corrected chi connectivity index (χ4v) is 6.03. The van der Waals surface area contributed by atoms with Gasteiger partial charge in [-0.2, -0.15) is 0 Å². The van der Waals surface area contributed by atoms with Crippen LogP contribution in [0.1, 0.15) is 40.7 Å². The molecule has 0 aliphatic rings. The van der Waals surface area contributed by atoms with E-state index >= 15 is 0 Å². The summed E-state index contributed by atoms with van der Waals surface area (Å²) in [5.41, 5.74) is -0.501. The molecule has 10 nitrogen and oxygen atoms in total. The van der Waals surface area contributed by atoms with E-state index in [1.54, 1.807) is 0 Å². The van der Waals surface area contributed by atoms with E-state index in [9.17, 15) is 34.8 Å². The Labute approximate surface area is 295 Å². The first-order valence-electron chi connectivity index (χ1n) is 16.3. The number of nitrogens with one attached hydrogen (secondary N) is 3. The van der Waals surface area contributed by atoms with Crippen molar-refractivity contribution in [3.05, 3.63) is 161 Å². The van der Waals surface area contributed by atoms with Crippen molar-refractivity contribution in [3.8, 4) is 23.0 Å². The Hall–Kier alpha value is -6.39. The molecule has 5 rings (SSSR count). The lowest BCUT2D eigenvalue weighted by Crippen LogP contribution is -2.67. The molecule has 5 aromatic carbocycles. The number of benzene rings is 5. The molecule has 0 aromatic heterocycles. The maximum atomic E-state index is 14.9. The van der Waals surface area contributed by atoms with Crippen LogP contribution >= 0.6 is 0 Å². The summed E-state index contributed by atoms with van der Waals surface area (Å²) < 4.78 is 0. The summed E-state index contributed by atoms with van der Waals surface area (Å²) >= 11 is 0. The third-order valence-corrected chi connectivity index (χ3v) is 8.75. The molecule has 260 valence electrons. The second-order valence-electron chi connectivity index (χ2n) is 12.0. The molecule has 0 bridgehead atoms. The Balaban J connectivity index is 1.75. The number of rotatable bonds is 14. The van der Waals surface area contributed by atoms with Gasteiger partial charge in [0.2, 0.25) is 11.8 Å². The zero-order valence-electron chi connectivity index (χ0n) is 27.9. The smallest absolute Gasteiger partial charge is 0.248 e. The Bertz CT molecular complexity index is 1920. The summed E-state index contributed by atoms with van der Waals surface area (Å²) in [4.78, 5) is 42.6. The number of hydrogen-bond acceptors (Lipinski definition) is 8. The van der Waals surface area contributed by atoms with Crippen LogP contribution in [0, 0.1) is 0 Å². The Morgan fingerprint density at radius 3 is 1.65 bits per heavy atom. The van der Waals surface area contributed by atoms with Gasteiger partial charge in [-0.15, -0.1) is 0 Å². The minimum absolute atomic E-state index is 0.131. The first kappa shape index (κ1) is 35.9. The van der Waals surface area contributed by atoms with Gasteiger partial charge in [-0.1, -0.05) is 109 Å². The number of carbonyl (C=O) groups is 3. The van der Waals surface area contributed by atoms with E-state index in [1.165, 1.54) is 55.6 Å². The molecule has 0 radical (unpaired) electrons. The van der Waals surface area contributed by atoms with Crippen molar-refractivity contribution in [2.45, 2.75) is 30.5 Å². The van der Waals surface area contributed by atoms with E-state index < -0.39 is 28.7 Å². The van der Waals surface area contributed by atoms with Crippen molar-refractivity contribution in [1.82, 2.24) is 16.0 Å². The molecule has 0 aliphatic carbocycles. The molecule has 0 saturated carbocycles. The first-order chi connectivity index (χ1) is 24.6. The SMILES string of the molecule is CNC(=O)CC[C@@](NC(c1ccccc1)(c1ccccc1)c1ccccc1)(C(=O)C=Cc1ccc(O)c(O)c1)C(=O)NCc1ccc(O)c(O)c1. The van der Waals surface area contributed by atoms with Crippen LogP contribution in [-0.2, 0) is 26.5 Å². The van der Waals surface area contributed by atoms with Gasteiger partial charge in [0.15, 0.2) is 34.3 Å². The topological polar surface area (TPSA) is 168 Å². The lowest BCUT2D eigenvalue weighted by atomic mass is 9.73. The second-order valence-corrected chi connectivity index (χ2v) is 12.0. The van der Waals surface area contributed by atoms with Gasteiger partial charge < -0.3 is 31.1 Å². The molecular formula is C41H39N3O7. The quantitative estimate of drug-likeness (QED) is 0.0360. The number of ketones is 1. The van der Waals surface area contributed by atoms with Crippen LogP contribution in [0.3, 0.4) is 0 Å². The molecule has 0 saturated heterocycles. The third kappa shape index (κ3) is 7.92. The zero-order chi connectivity index (χ0) is 36.4. The van der Waals surface area contributed by atoms with Crippen LogP contribution in [0.5, 0.6) is 23.0 Å². The minimum atomic E-state index is -2.12. The van der Waals surface area contributed by atoms with E-state index in [1.807, 2.05) is 91.0 Å².